The first-order valence-corrected chi connectivity index (χ1v) is 7.53. The Morgan fingerprint density at radius 1 is 1.29 bits per heavy atom. The standard InChI is InChI=1S/C13H14N2O5S/c16-12(9-4-2-1-3-5-9)8-15-21(19,20)10-6-11(13(17)18)14-7-10/h1-7,12,14-16H,8H2,(H,17,18). The minimum Gasteiger partial charge on any atom is -0.477 e. The lowest BCUT2D eigenvalue weighted by Gasteiger charge is -2.11. The number of aliphatic hydroxyl groups is 1. The van der Waals surface area contributed by atoms with Crippen molar-refractivity contribution in [2.45, 2.75) is 11.0 Å². The number of nitrogens with one attached hydrogen (secondary N) is 2. The van der Waals surface area contributed by atoms with Crippen LogP contribution in [-0.4, -0.2) is 36.1 Å². The minimum absolute atomic E-state index is 0.194. The molecule has 4 N–H and O–H groups in total. The van der Waals surface area contributed by atoms with Crippen molar-refractivity contribution in [3.63, 3.8) is 0 Å². The molecule has 0 saturated heterocycles. The Morgan fingerprint density at radius 3 is 2.52 bits per heavy atom. The fourth-order valence-corrected chi connectivity index (χ4v) is 2.75. The lowest BCUT2D eigenvalue weighted by molar-refractivity contribution is 0.0691. The monoisotopic (exact) mass is 310 g/mol. The second kappa shape index (κ2) is 6.08. The minimum atomic E-state index is -3.88. The maximum Gasteiger partial charge on any atom is 0.352 e. The van der Waals surface area contributed by atoms with E-state index in [1.807, 2.05) is 0 Å². The van der Waals surface area contributed by atoms with Gasteiger partial charge in [-0.15, -0.1) is 0 Å². The van der Waals surface area contributed by atoms with Gasteiger partial charge in [0.2, 0.25) is 10.0 Å². The van der Waals surface area contributed by atoms with Crippen molar-refractivity contribution < 1.29 is 23.4 Å². The van der Waals surface area contributed by atoms with E-state index < -0.39 is 22.1 Å². The zero-order chi connectivity index (χ0) is 15.5. The van der Waals surface area contributed by atoms with E-state index in [9.17, 15) is 18.3 Å². The summed E-state index contributed by atoms with van der Waals surface area (Å²) < 4.78 is 26.2. The first kappa shape index (κ1) is 15.2. The van der Waals surface area contributed by atoms with Gasteiger partial charge in [0.25, 0.3) is 0 Å². The molecule has 1 atom stereocenters. The summed E-state index contributed by atoms with van der Waals surface area (Å²) in [5, 5.41) is 18.6. The zero-order valence-corrected chi connectivity index (χ0v) is 11.7. The molecule has 0 fully saturated rings. The number of aromatic amines is 1. The van der Waals surface area contributed by atoms with Crippen LogP contribution in [0, 0.1) is 0 Å². The molecule has 0 aliphatic carbocycles. The molecule has 0 radical (unpaired) electrons. The molecule has 8 heteroatoms. The van der Waals surface area contributed by atoms with Crippen molar-refractivity contribution in [1.29, 1.82) is 0 Å². The Balaban J connectivity index is 2.06. The third-order valence-corrected chi connectivity index (χ3v) is 4.25. The Bertz CT molecular complexity index is 724. The Morgan fingerprint density at radius 2 is 1.95 bits per heavy atom. The summed E-state index contributed by atoms with van der Waals surface area (Å²) in [4.78, 5) is 12.9. The van der Waals surface area contributed by atoms with Crippen LogP contribution in [0.1, 0.15) is 22.2 Å². The van der Waals surface area contributed by atoms with Crippen LogP contribution in [-0.2, 0) is 10.0 Å². The lowest BCUT2D eigenvalue weighted by Crippen LogP contribution is -2.28. The van der Waals surface area contributed by atoms with Crippen LogP contribution in [0.5, 0.6) is 0 Å². The van der Waals surface area contributed by atoms with E-state index in [0.717, 1.165) is 12.3 Å². The summed E-state index contributed by atoms with van der Waals surface area (Å²) in [6.07, 6.45) is 0.0968. The number of aromatic nitrogens is 1. The number of carboxylic acid groups (broad SMARTS) is 1. The van der Waals surface area contributed by atoms with Crippen molar-refractivity contribution in [2.75, 3.05) is 6.54 Å². The molecule has 0 spiro atoms. The predicted octanol–water partition coefficient (Wildman–Crippen LogP) is 0.725. The maximum absolute atomic E-state index is 12.0. The Labute approximate surface area is 121 Å². The second-order valence-corrected chi connectivity index (χ2v) is 6.10. The summed E-state index contributed by atoms with van der Waals surface area (Å²) in [5.41, 5.74) is 0.361. The third kappa shape index (κ3) is 3.69. The lowest BCUT2D eigenvalue weighted by atomic mass is 10.1. The van der Waals surface area contributed by atoms with E-state index in [0.29, 0.717) is 5.56 Å². The number of sulfonamides is 1. The summed E-state index contributed by atoms with van der Waals surface area (Å²) in [5.74, 6) is -1.25. The molecule has 0 saturated carbocycles. The molecule has 112 valence electrons. The topological polar surface area (TPSA) is 119 Å². The van der Waals surface area contributed by atoms with E-state index in [1.165, 1.54) is 0 Å². The Kier molecular flexibility index (Phi) is 4.41. The molecule has 7 nitrogen and oxygen atoms in total. The number of benzene rings is 1. The van der Waals surface area contributed by atoms with Crippen LogP contribution < -0.4 is 4.72 Å². The van der Waals surface area contributed by atoms with Gasteiger partial charge in [-0.2, -0.15) is 0 Å². The van der Waals surface area contributed by atoms with Gasteiger partial charge in [0, 0.05) is 12.7 Å². The molecule has 0 aliphatic rings. The van der Waals surface area contributed by atoms with Crippen molar-refractivity contribution in [3.05, 3.63) is 53.9 Å². The number of aliphatic hydroxyl groups excluding tert-OH is 1. The smallest absolute Gasteiger partial charge is 0.352 e. The number of rotatable bonds is 6. The number of hydrogen-bond donors (Lipinski definition) is 4. The van der Waals surface area contributed by atoms with Gasteiger partial charge < -0.3 is 15.2 Å². The highest BCUT2D eigenvalue weighted by Gasteiger charge is 2.19. The molecular weight excluding hydrogens is 296 g/mol. The average Bonchev–Trinajstić information content (AvgIpc) is 2.97. The van der Waals surface area contributed by atoms with E-state index in [1.54, 1.807) is 30.3 Å². The van der Waals surface area contributed by atoms with E-state index >= 15 is 0 Å². The van der Waals surface area contributed by atoms with Gasteiger partial charge in [0.15, 0.2) is 0 Å². The van der Waals surface area contributed by atoms with Gasteiger partial charge in [-0.1, -0.05) is 30.3 Å². The quantitative estimate of drug-likeness (QED) is 0.627. The van der Waals surface area contributed by atoms with Gasteiger partial charge in [0.05, 0.1) is 6.10 Å². The van der Waals surface area contributed by atoms with E-state index in [4.69, 9.17) is 5.11 Å². The molecule has 2 rings (SSSR count). The predicted molar refractivity (Wildman–Crippen MR) is 74.3 cm³/mol. The number of H-pyrrole nitrogens is 1. The van der Waals surface area contributed by atoms with Gasteiger partial charge in [0.1, 0.15) is 10.6 Å². The summed E-state index contributed by atoms with van der Waals surface area (Å²) >= 11 is 0. The molecule has 1 aromatic heterocycles. The first-order chi connectivity index (χ1) is 9.90. The third-order valence-electron chi connectivity index (χ3n) is 2.85. The number of aromatic carboxylic acids is 1. The van der Waals surface area contributed by atoms with Gasteiger partial charge >= 0.3 is 5.97 Å². The number of carboxylic acids is 1. The van der Waals surface area contributed by atoms with E-state index in [2.05, 4.69) is 9.71 Å². The van der Waals surface area contributed by atoms with Crippen LogP contribution in [0.3, 0.4) is 0 Å². The van der Waals surface area contributed by atoms with Gasteiger partial charge in [-0.25, -0.2) is 17.9 Å². The van der Waals surface area contributed by atoms with E-state index in [-0.39, 0.29) is 17.1 Å². The van der Waals surface area contributed by atoms with Gasteiger partial charge in [-0.3, -0.25) is 0 Å². The Hall–Kier alpha value is -2.16. The molecule has 21 heavy (non-hydrogen) atoms. The molecule has 1 aromatic carbocycles. The van der Waals surface area contributed by atoms with Crippen molar-refractivity contribution >= 4 is 16.0 Å². The highest BCUT2D eigenvalue weighted by atomic mass is 32.2. The first-order valence-electron chi connectivity index (χ1n) is 6.04. The molecule has 2 aromatic rings. The zero-order valence-electron chi connectivity index (χ0n) is 10.9. The molecule has 1 heterocycles. The fourth-order valence-electron chi connectivity index (χ4n) is 1.72. The maximum atomic E-state index is 12.0. The molecule has 0 bridgehead atoms. The molecule has 0 amide bonds. The second-order valence-electron chi connectivity index (χ2n) is 4.33. The van der Waals surface area contributed by atoms with Crippen molar-refractivity contribution in [3.8, 4) is 0 Å². The normalized spacial score (nSPS) is 13.0. The van der Waals surface area contributed by atoms with Crippen molar-refractivity contribution in [1.82, 2.24) is 9.71 Å². The molecule has 0 aliphatic heterocycles. The SMILES string of the molecule is O=C(O)c1cc(S(=O)(=O)NCC(O)c2ccccc2)c[nH]1. The summed E-state index contributed by atoms with van der Waals surface area (Å²) in [6.45, 7) is -0.208. The van der Waals surface area contributed by atoms with Crippen LogP contribution in [0.25, 0.3) is 0 Å². The van der Waals surface area contributed by atoms with Crippen LogP contribution >= 0.6 is 0 Å². The number of hydrogen-bond acceptors (Lipinski definition) is 4. The van der Waals surface area contributed by atoms with Crippen LogP contribution in [0.15, 0.2) is 47.5 Å². The highest BCUT2D eigenvalue weighted by Crippen LogP contribution is 2.14. The average molecular weight is 310 g/mol. The highest BCUT2D eigenvalue weighted by molar-refractivity contribution is 7.89. The summed E-state index contributed by atoms with van der Waals surface area (Å²) in [6, 6.07) is 9.62. The number of carbonyl (C=O) groups is 1. The van der Waals surface area contributed by atoms with Crippen LogP contribution in [0.2, 0.25) is 0 Å². The fraction of sp³-hybridized carbons (Fsp3) is 0.154. The molecular formula is C13H14N2O5S. The molecule has 1 unspecified atom stereocenters. The van der Waals surface area contributed by atoms with Crippen molar-refractivity contribution in [2.24, 2.45) is 0 Å². The summed E-state index contributed by atoms with van der Waals surface area (Å²) in [7, 11) is -3.88. The van der Waals surface area contributed by atoms with Gasteiger partial charge in [-0.05, 0) is 11.6 Å². The largest absolute Gasteiger partial charge is 0.477 e. The van der Waals surface area contributed by atoms with Crippen LogP contribution in [0.4, 0.5) is 0 Å².